The number of methoxy groups -OCH3 is 1. The van der Waals surface area contributed by atoms with Gasteiger partial charge in [0.1, 0.15) is 6.04 Å². The normalized spacial score (nSPS) is 11.3. The molecule has 0 aliphatic heterocycles. The van der Waals surface area contributed by atoms with Crippen LogP contribution in [-0.4, -0.2) is 49.5 Å². The number of ether oxygens (including phenoxy) is 2. The number of carbonyl (C=O) groups excluding carboxylic acids is 3. The van der Waals surface area contributed by atoms with Crippen LogP contribution in [-0.2, 0) is 4.79 Å². The lowest BCUT2D eigenvalue weighted by atomic mass is 10.2. The van der Waals surface area contributed by atoms with E-state index >= 15 is 0 Å². The number of carbonyl (C=O) groups is 3. The largest absolute Gasteiger partial charge is 0.493 e. The van der Waals surface area contributed by atoms with Crippen LogP contribution < -0.4 is 25.6 Å². The number of hydrogen-bond acceptors (Lipinski definition) is 7. The van der Waals surface area contributed by atoms with Crippen LogP contribution in [0.5, 0.6) is 11.5 Å². The zero-order valence-electron chi connectivity index (χ0n) is 18.4. The fraction of sp³-hybridized carbons (Fsp3) is 0.409. The van der Waals surface area contributed by atoms with Gasteiger partial charge in [0.15, 0.2) is 17.3 Å². The second kappa shape index (κ2) is 13.3. The topological polar surface area (TPSA) is 119 Å². The van der Waals surface area contributed by atoms with E-state index in [2.05, 4.69) is 23.1 Å². The molecular weight excluding hydrogens is 434 g/mol. The Morgan fingerprint density at radius 3 is 2.59 bits per heavy atom. The van der Waals surface area contributed by atoms with Crippen LogP contribution in [0.2, 0.25) is 0 Å². The summed E-state index contributed by atoms with van der Waals surface area (Å²) in [6.45, 7) is 2.62. The van der Waals surface area contributed by atoms with Crippen LogP contribution in [0.1, 0.15) is 47.1 Å². The molecule has 174 valence electrons. The zero-order valence-corrected chi connectivity index (χ0v) is 19.3. The number of rotatable bonds is 12. The van der Waals surface area contributed by atoms with Crippen molar-refractivity contribution in [1.82, 2.24) is 16.2 Å². The molecule has 10 heteroatoms. The van der Waals surface area contributed by atoms with E-state index in [9.17, 15) is 14.4 Å². The smallest absolute Gasteiger partial charge is 0.287 e. The molecule has 1 unspecified atom stereocenters. The highest BCUT2D eigenvalue weighted by Crippen LogP contribution is 2.28. The number of benzene rings is 1. The molecule has 0 aliphatic rings. The molecule has 0 saturated heterocycles. The lowest BCUT2D eigenvalue weighted by molar-refractivity contribution is -0.123. The molecule has 2 rings (SSSR count). The summed E-state index contributed by atoms with van der Waals surface area (Å²) in [5, 5.41) is 2.62. The van der Waals surface area contributed by atoms with Gasteiger partial charge in [0.05, 0.1) is 20.0 Å². The van der Waals surface area contributed by atoms with Crippen molar-refractivity contribution in [1.29, 1.82) is 0 Å². The van der Waals surface area contributed by atoms with Gasteiger partial charge in [-0.1, -0.05) is 13.3 Å². The Balaban J connectivity index is 1.97. The van der Waals surface area contributed by atoms with Crippen LogP contribution in [0.25, 0.3) is 0 Å². The molecule has 2 aromatic rings. The van der Waals surface area contributed by atoms with Crippen molar-refractivity contribution in [2.75, 3.05) is 25.7 Å². The Morgan fingerprint density at radius 1 is 1.12 bits per heavy atom. The summed E-state index contributed by atoms with van der Waals surface area (Å²) in [7, 11) is 1.49. The summed E-state index contributed by atoms with van der Waals surface area (Å²) in [4.78, 5) is 37.3. The van der Waals surface area contributed by atoms with Gasteiger partial charge in [-0.25, -0.2) is 0 Å². The Bertz CT molecular complexity index is 888. The van der Waals surface area contributed by atoms with Crippen LogP contribution in [0.4, 0.5) is 0 Å². The molecule has 0 fully saturated rings. The minimum Gasteiger partial charge on any atom is -0.493 e. The molecule has 0 bridgehead atoms. The van der Waals surface area contributed by atoms with Crippen LogP contribution >= 0.6 is 11.8 Å². The first-order chi connectivity index (χ1) is 15.5. The summed E-state index contributed by atoms with van der Waals surface area (Å²) in [5.74, 6) is 0.121. The van der Waals surface area contributed by atoms with Crippen LogP contribution in [0.3, 0.4) is 0 Å². The lowest BCUT2D eigenvalue weighted by Gasteiger charge is -2.18. The van der Waals surface area contributed by atoms with Gasteiger partial charge in [-0.2, -0.15) is 11.8 Å². The maximum atomic E-state index is 12.6. The molecule has 0 saturated carbocycles. The van der Waals surface area contributed by atoms with Gasteiger partial charge in [0, 0.05) is 5.56 Å². The van der Waals surface area contributed by atoms with E-state index in [1.807, 2.05) is 6.26 Å². The molecule has 1 atom stereocenters. The van der Waals surface area contributed by atoms with E-state index < -0.39 is 23.8 Å². The fourth-order valence-corrected chi connectivity index (χ4v) is 3.15. The highest BCUT2D eigenvalue weighted by Gasteiger charge is 2.23. The summed E-state index contributed by atoms with van der Waals surface area (Å²) in [6.07, 6.45) is 5.57. The number of furan rings is 1. The van der Waals surface area contributed by atoms with Crippen molar-refractivity contribution in [3.63, 3.8) is 0 Å². The molecule has 0 spiro atoms. The monoisotopic (exact) mass is 463 g/mol. The maximum absolute atomic E-state index is 12.6. The Kier molecular flexibility index (Phi) is 10.5. The lowest BCUT2D eigenvalue weighted by Crippen LogP contribution is -2.52. The third-order valence-electron chi connectivity index (χ3n) is 4.46. The summed E-state index contributed by atoms with van der Waals surface area (Å²) >= 11 is 1.54. The minimum atomic E-state index is -0.843. The Hall–Kier alpha value is -3.14. The van der Waals surface area contributed by atoms with Gasteiger partial charge in [-0.3, -0.25) is 25.2 Å². The Morgan fingerprint density at radius 2 is 1.94 bits per heavy atom. The maximum Gasteiger partial charge on any atom is 0.287 e. The molecule has 3 amide bonds. The van der Waals surface area contributed by atoms with Gasteiger partial charge in [0.2, 0.25) is 0 Å². The van der Waals surface area contributed by atoms with Crippen molar-refractivity contribution in [2.24, 2.45) is 0 Å². The third-order valence-corrected chi connectivity index (χ3v) is 5.10. The van der Waals surface area contributed by atoms with Crippen molar-refractivity contribution in [3.05, 3.63) is 47.9 Å². The molecule has 1 aromatic heterocycles. The van der Waals surface area contributed by atoms with E-state index in [-0.39, 0.29) is 11.3 Å². The van der Waals surface area contributed by atoms with Gasteiger partial charge in [-0.15, -0.1) is 0 Å². The number of unbranched alkanes of at least 4 members (excludes halogenated alkanes) is 1. The number of amides is 3. The first-order valence-electron chi connectivity index (χ1n) is 10.2. The molecule has 1 heterocycles. The van der Waals surface area contributed by atoms with E-state index in [1.165, 1.54) is 37.3 Å². The average Bonchev–Trinajstić information content (AvgIpc) is 3.35. The van der Waals surface area contributed by atoms with Gasteiger partial charge in [0.25, 0.3) is 17.7 Å². The number of hydrazine groups is 1. The van der Waals surface area contributed by atoms with Crippen molar-refractivity contribution in [2.45, 2.75) is 32.2 Å². The second-order valence-electron chi connectivity index (χ2n) is 6.80. The molecule has 0 radical (unpaired) electrons. The molecule has 32 heavy (non-hydrogen) atoms. The first-order valence-corrected chi connectivity index (χ1v) is 11.6. The Labute approximate surface area is 191 Å². The SMILES string of the molecule is CCCCOc1ccc(C(=O)NNC(=O)C(CCSC)NC(=O)c2ccco2)cc1OC. The predicted octanol–water partition coefficient (Wildman–Crippen LogP) is 2.78. The van der Waals surface area contributed by atoms with E-state index in [0.717, 1.165) is 12.8 Å². The highest BCUT2D eigenvalue weighted by molar-refractivity contribution is 7.98. The quantitative estimate of drug-likeness (QED) is 0.327. The van der Waals surface area contributed by atoms with Crippen molar-refractivity contribution >= 4 is 29.5 Å². The summed E-state index contributed by atoms with van der Waals surface area (Å²) in [6, 6.07) is 7.01. The predicted molar refractivity (Wildman–Crippen MR) is 122 cm³/mol. The average molecular weight is 464 g/mol. The van der Waals surface area contributed by atoms with Crippen LogP contribution in [0, 0.1) is 0 Å². The molecule has 0 aliphatic carbocycles. The highest BCUT2D eigenvalue weighted by atomic mass is 32.2. The molecule has 1 aromatic carbocycles. The van der Waals surface area contributed by atoms with Gasteiger partial charge >= 0.3 is 0 Å². The van der Waals surface area contributed by atoms with Crippen LogP contribution in [0.15, 0.2) is 41.0 Å². The van der Waals surface area contributed by atoms with Crippen molar-refractivity contribution < 1.29 is 28.3 Å². The first kappa shape index (κ1) is 25.1. The number of thioether (sulfide) groups is 1. The molecular formula is C22H29N3O6S. The van der Waals surface area contributed by atoms with Crippen molar-refractivity contribution in [3.8, 4) is 11.5 Å². The van der Waals surface area contributed by atoms with E-state index in [4.69, 9.17) is 13.9 Å². The van der Waals surface area contributed by atoms with E-state index in [1.54, 1.807) is 18.2 Å². The summed E-state index contributed by atoms with van der Waals surface area (Å²) < 4.78 is 16.0. The van der Waals surface area contributed by atoms with Gasteiger partial charge in [-0.05, 0) is 55.2 Å². The second-order valence-corrected chi connectivity index (χ2v) is 7.78. The standard InChI is InChI=1S/C22H29N3O6S/c1-4-5-11-30-17-9-8-15(14-19(17)29-2)20(26)24-25-21(27)16(10-13-32-3)23-22(28)18-7-6-12-31-18/h6-9,12,14,16H,4-5,10-11,13H2,1-3H3,(H,23,28)(H,24,26)(H,25,27). The molecule has 3 N–H and O–H groups in total. The third kappa shape index (κ3) is 7.52. The minimum absolute atomic E-state index is 0.101. The summed E-state index contributed by atoms with van der Waals surface area (Å²) in [5.41, 5.74) is 5.02. The number of hydrogen-bond donors (Lipinski definition) is 3. The van der Waals surface area contributed by atoms with Gasteiger partial charge < -0.3 is 19.2 Å². The number of nitrogens with one attached hydrogen (secondary N) is 3. The fourth-order valence-electron chi connectivity index (χ4n) is 2.67. The zero-order chi connectivity index (χ0) is 23.3. The van der Waals surface area contributed by atoms with E-state index in [0.29, 0.717) is 30.3 Å². The molecule has 9 nitrogen and oxygen atoms in total.